The minimum Gasteiger partial charge on any atom is -0.330 e. The van der Waals surface area contributed by atoms with E-state index in [9.17, 15) is 4.79 Å². The molecule has 2 atom stereocenters. The van der Waals surface area contributed by atoms with Gasteiger partial charge < -0.3 is 5.32 Å². The number of carbonyl (C=O) groups is 1. The molecule has 0 spiro atoms. The fourth-order valence-electron chi connectivity index (χ4n) is 3.53. The quantitative estimate of drug-likeness (QED) is 0.847. The number of benzene rings is 1. The molecular weight excluding hydrogens is 222 g/mol. The fraction of sp³-hybridized carbons (Fsp3) is 0.438. The highest BCUT2D eigenvalue weighted by atomic mass is 16.2. The second-order valence-electron chi connectivity index (χ2n) is 5.62. The first kappa shape index (κ1) is 11.5. The smallest absolute Gasteiger partial charge is 0.231 e. The number of rotatable bonds is 2. The molecule has 1 aliphatic heterocycles. The molecule has 1 amide bonds. The van der Waals surface area contributed by atoms with Gasteiger partial charge in [-0.05, 0) is 37.7 Å². The Morgan fingerprint density at radius 1 is 1.33 bits per heavy atom. The van der Waals surface area contributed by atoms with Crippen LogP contribution in [0.3, 0.4) is 0 Å². The minimum absolute atomic E-state index is 0.194. The van der Waals surface area contributed by atoms with Crippen molar-refractivity contribution in [2.24, 2.45) is 11.3 Å². The fourth-order valence-corrected chi connectivity index (χ4v) is 3.53. The maximum atomic E-state index is 12.5. The van der Waals surface area contributed by atoms with Crippen molar-refractivity contribution in [2.45, 2.75) is 32.6 Å². The van der Waals surface area contributed by atoms with Gasteiger partial charge in [-0.15, -0.1) is 0 Å². The monoisotopic (exact) mass is 241 g/mol. The molecule has 1 aromatic carbocycles. The van der Waals surface area contributed by atoms with Crippen LogP contribution in [-0.4, -0.2) is 5.91 Å². The zero-order valence-electron chi connectivity index (χ0n) is 10.8. The van der Waals surface area contributed by atoms with E-state index in [2.05, 4.69) is 35.7 Å². The van der Waals surface area contributed by atoms with Gasteiger partial charge in [-0.1, -0.05) is 42.8 Å². The molecule has 2 nitrogen and oxygen atoms in total. The average Bonchev–Trinajstić information content (AvgIpc) is 2.75. The third-order valence-corrected chi connectivity index (χ3v) is 4.42. The number of hydrogen-bond acceptors (Lipinski definition) is 1. The topological polar surface area (TPSA) is 29.1 Å². The number of hydrogen-bond donors (Lipinski definition) is 1. The van der Waals surface area contributed by atoms with Crippen molar-refractivity contribution in [3.63, 3.8) is 0 Å². The molecule has 0 radical (unpaired) electrons. The maximum Gasteiger partial charge on any atom is 0.231 e. The van der Waals surface area contributed by atoms with Crippen molar-refractivity contribution in [3.05, 3.63) is 47.7 Å². The van der Waals surface area contributed by atoms with Crippen LogP contribution in [0.2, 0.25) is 0 Å². The number of nitrogens with one attached hydrogen (secondary N) is 1. The Morgan fingerprint density at radius 3 is 2.89 bits per heavy atom. The van der Waals surface area contributed by atoms with Crippen molar-refractivity contribution in [3.8, 4) is 0 Å². The van der Waals surface area contributed by atoms with Crippen molar-refractivity contribution in [1.82, 2.24) is 5.32 Å². The van der Waals surface area contributed by atoms with E-state index < -0.39 is 0 Å². The van der Waals surface area contributed by atoms with Crippen LogP contribution in [0.1, 0.15) is 31.7 Å². The zero-order chi connectivity index (χ0) is 12.6. The molecule has 18 heavy (non-hydrogen) atoms. The van der Waals surface area contributed by atoms with Gasteiger partial charge in [0.1, 0.15) is 0 Å². The summed E-state index contributed by atoms with van der Waals surface area (Å²) >= 11 is 0. The Hall–Kier alpha value is -1.57. The van der Waals surface area contributed by atoms with Crippen LogP contribution >= 0.6 is 0 Å². The summed E-state index contributed by atoms with van der Waals surface area (Å²) in [5.41, 5.74) is 2.10. The van der Waals surface area contributed by atoms with E-state index in [1.165, 1.54) is 5.56 Å². The summed E-state index contributed by atoms with van der Waals surface area (Å²) in [6, 6.07) is 10.4. The Kier molecular flexibility index (Phi) is 2.73. The Bertz CT molecular complexity index is 491. The van der Waals surface area contributed by atoms with Gasteiger partial charge in [0, 0.05) is 5.70 Å². The largest absolute Gasteiger partial charge is 0.330 e. The molecule has 0 bridgehead atoms. The zero-order valence-corrected chi connectivity index (χ0v) is 10.8. The summed E-state index contributed by atoms with van der Waals surface area (Å²) in [4.78, 5) is 12.5. The van der Waals surface area contributed by atoms with Crippen LogP contribution in [0, 0.1) is 11.3 Å². The first-order valence-electron chi connectivity index (χ1n) is 6.74. The Balaban J connectivity index is 1.95. The predicted molar refractivity (Wildman–Crippen MR) is 71.8 cm³/mol. The lowest BCUT2D eigenvalue weighted by molar-refractivity contribution is -0.132. The van der Waals surface area contributed by atoms with Gasteiger partial charge in [0.25, 0.3) is 0 Å². The molecule has 2 heteroatoms. The summed E-state index contributed by atoms with van der Waals surface area (Å²) < 4.78 is 0. The predicted octanol–water partition coefficient (Wildman–Crippen LogP) is 3.05. The SMILES string of the molecule is CC1=C[C@@H]2CCC[C@]2(Cc2ccccc2)C(=O)N1. The normalized spacial score (nSPS) is 30.6. The van der Waals surface area contributed by atoms with E-state index >= 15 is 0 Å². The first-order valence-corrected chi connectivity index (χ1v) is 6.74. The molecule has 0 saturated heterocycles. The molecule has 0 aromatic heterocycles. The summed E-state index contributed by atoms with van der Waals surface area (Å²) in [5, 5.41) is 3.03. The van der Waals surface area contributed by atoms with Crippen LogP contribution in [0.15, 0.2) is 42.1 Å². The van der Waals surface area contributed by atoms with E-state index in [1.807, 2.05) is 13.0 Å². The van der Waals surface area contributed by atoms with Gasteiger partial charge in [-0.2, -0.15) is 0 Å². The van der Waals surface area contributed by atoms with Gasteiger partial charge in [0.15, 0.2) is 0 Å². The lowest BCUT2D eigenvalue weighted by atomic mass is 9.70. The second-order valence-corrected chi connectivity index (χ2v) is 5.62. The molecule has 1 N–H and O–H groups in total. The lowest BCUT2D eigenvalue weighted by Crippen LogP contribution is -2.47. The van der Waals surface area contributed by atoms with Gasteiger partial charge in [-0.3, -0.25) is 4.79 Å². The number of amides is 1. The van der Waals surface area contributed by atoms with Crippen LogP contribution in [0.25, 0.3) is 0 Å². The highest BCUT2D eigenvalue weighted by Crippen LogP contribution is 2.48. The second kappa shape index (κ2) is 4.27. The van der Waals surface area contributed by atoms with Gasteiger partial charge in [-0.25, -0.2) is 0 Å². The molecule has 94 valence electrons. The number of carbonyl (C=O) groups excluding carboxylic acids is 1. The van der Waals surface area contributed by atoms with Crippen LogP contribution in [0.5, 0.6) is 0 Å². The molecule has 1 fully saturated rings. The molecule has 1 heterocycles. The van der Waals surface area contributed by atoms with Crippen molar-refractivity contribution in [1.29, 1.82) is 0 Å². The van der Waals surface area contributed by atoms with Gasteiger partial charge in [0.2, 0.25) is 5.91 Å². The third kappa shape index (κ3) is 1.76. The third-order valence-electron chi connectivity index (χ3n) is 4.42. The van der Waals surface area contributed by atoms with E-state index in [-0.39, 0.29) is 11.3 Å². The van der Waals surface area contributed by atoms with Gasteiger partial charge in [0.05, 0.1) is 5.41 Å². The number of allylic oxidation sites excluding steroid dienone is 2. The summed E-state index contributed by atoms with van der Waals surface area (Å²) in [6.07, 6.45) is 6.46. The highest BCUT2D eigenvalue weighted by molar-refractivity contribution is 5.86. The highest BCUT2D eigenvalue weighted by Gasteiger charge is 2.49. The van der Waals surface area contributed by atoms with Crippen LogP contribution in [-0.2, 0) is 11.2 Å². The van der Waals surface area contributed by atoms with Gasteiger partial charge >= 0.3 is 0 Å². The Labute approximate surface area is 108 Å². The van der Waals surface area contributed by atoms with E-state index in [4.69, 9.17) is 0 Å². The minimum atomic E-state index is -0.194. The molecule has 1 aromatic rings. The maximum absolute atomic E-state index is 12.5. The molecule has 0 unspecified atom stereocenters. The molecular formula is C16H19NO. The first-order chi connectivity index (χ1) is 8.71. The molecule has 1 saturated carbocycles. The van der Waals surface area contributed by atoms with E-state index in [1.54, 1.807) is 0 Å². The summed E-state index contributed by atoms with van der Waals surface area (Å²) in [5.74, 6) is 0.653. The lowest BCUT2D eigenvalue weighted by Gasteiger charge is -2.36. The van der Waals surface area contributed by atoms with Crippen molar-refractivity contribution in [2.75, 3.05) is 0 Å². The van der Waals surface area contributed by atoms with Crippen LogP contribution in [0.4, 0.5) is 0 Å². The number of fused-ring (bicyclic) bond motifs is 1. The average molecular weight is 241 g/mol. The van der Waals surface area contributed by atoms with Crippen LogP contribution < -0.4 is 5.32 Å². The summed E-state index contributed by atoms with van der Waals surface area (Å²) in [7, 11) is 0. The molecule has 2 aliphatic rings. The molecule has 1 aliphatic carbocycles. The van der Waals surface area contributed by atoms with E-state index in [0.29, 0.717) is 5.92 Å². The van der Waals surface area contributed by atoms with E-state index in [0.717, 1.165) is 31.4 Å². The summed E-state index contributed by atoms with van der Waals surface area (Å²) in [6.45, 7) is 1.99. The van der Waals surface area contributed by atoms with Crippen molar-refractivity contribution >= 4 is 5.91 Å². The Morgan fingerprint density at radius 2 is 2.11 bits per heavy atom. The molecule has 3 rings (SSSR count). The standard InChI is InChI=1S/C16H19NO/c1-12-10-14-8-5-9-16(14,15(18)17-12)11-13-6-3-2-4-7-13/h2-4,6-7,10,14H,5,8-9,11H2,1H3,(H,17,18)/t14-,16+/m0/s1. The van der Waals surface area contributed by atoms with Crippen molar-refractivity contribution < 1.29 is 4.79 Å².